The summed E-state index contributed by atoms with van der Waals surface area (Å²) in [6.45, 7) is 6.20. The van der Waals surface area contributed by atoms with E-state index in [0.717, 1.165) is 17.4 Å². The van der Waals surface area contributed by atoms with Gasteiger partial charge in [0.05, 0.1) is 12.6 Å². The average molecular weight is 349 g/mol. The van der Waals surface area contributed by atoms with Gasteiger partial charge >= 0.3 is 0 Å². The SMILES string of the molecule is C=CCCOC(C)C(=O)NC(CN)c1ccc2ccccc2c1.Cl. The highest BCUT2D eigenvalue weighted by molar-refractivity contribution is 5.85. The van der Waals surface area contributed by atoms with Crippen LogP contribution < -0.4 is 11.1 Å². The molecule has 0 fully saturated rings. The van der Waals surface area contributed by atoms with Crippen LogP contribution in [0.15, 0.2) is 55.1 Å². The molecule has 0 aromatic heterocycles. The van der Waals surface area contributed by atoms with E-state index in [0.29, 0.717) is 13.2 Å². The summed E-state index contributed by atoms with van der Waals surface area (Å²) < 4.78 is 5.47. The van der Waals surface area contributed by atoms with Crippen molar-refractivity contribution in [1.29, 1.82) is 0 Å². The number of rotatable bonds is 8. The summed E-state index contributed by atoms with van der Waals surface area (Å²) in [5.41, 5.74) is 6.85. The number of nitrogens with one attached hydrogen (secondary N) is 1. The van der Waals surface area contributed by atoms with Crippen LogP contribution in [0.5, 0.6) is 0 Å². The summed E-state index contributed by atoms with van der Waals surface area (Å²) in [7, 11) is 0. The number of nitrogens with two attached hydrogens (primary N) is 1. The van der Waals surface area contributed by atoms with E-state index in [-0.39, 0.29) is 24.4 Å². The lowest BCUT2D eigenvalue weighted by atomic mass is 10.0. The highest BCUT2D eigenvalue weighted by atomic mass is 35.5. The molecular formula is C19H25ClN2O2. The van der Waals surface area contributed by atoms with Gasteiger partial charge in [0.1, 0.15) is 6.10 Å². The summed E-state index contributed by atoms with van der Waals surface area (Å²) in [6, 6.07) is 14.0. The molecule has 0 saturated heterocycles. The molecule has 2 unspecified atom stereocenters. The lowest BCUT2D eigenvalue weighted by molar-refractivity contribution is -0.132. The van der Waals surface area contributed by atoms with Crippen molar-refractivity contribution in [1.82, 2.24) is 5.32 Å². The third-order valence-electron chi connectivity index (χ3n) is 3.79. The Morgan fingerprint density at radius 3 is 2.67 bits per heavy atom. The Kier molecular flexibility index (Phi) is 8.47. The molecule has 2 atom stereocenters. The molecule has 0 heterocycles. The molecule has 2 aromatic carbocycles. The van der Waals surface area contributed by atoms with Gasteiger partial charge in [0.15, 0.2) is 0 Å². The number of carbonyl (C=O) groups is 1. The quantitative estimate of drug-likeness (QED) is 0.568. The zero-order chi connectivity index (χ0) is 16.7. The van der Waals surface area contributed by atoms with Crippen LogP contribution in [0, 0.1) is 0 Å². The lowest BCUT2D eigenvalue weighted by Crippen LogP contribution is -2.40. The average Bonchev–Trinajstić information content (AvgIpc) is 2.59. The third kappa shape index (κ3) is 5.34. The Hall–Kier alpha value is -1.88. The van der Waals surface area contributed by atoms with Gasteiger partial charge in [0.2, 0.25) is 5.91 Å². The largest absolute Gasteiger partial charge is 0.368 e. The van der Waals surface area contributed by atoms with E-state index in [1.165, 1.54) is 5.39 Å². The Morgan fingerprint density at radius 1 is 1.29 bits per heavy atom. The van der Waals surface area contributed by atoms with Crippen LogP contribution in [-0.2, 0) is 9.53 Å². The zero-order valence-electron chi connectivity index (χ0n) is 13.9. The smallest absolute Gasteiger partial charge is 0.249 e. The van der Waals surface area contributed by atoms with Crippen molar-refractivity contribution in [2.45, 2.75) is 25.5 Å². The molecule has 0 bridgehead atoms. The summed E-state index contributed by atoms with van der Waals surface area (Å²) in [5.74, 6) is -0.155. The molecular weight excluding hydrogens is 324 g/mol. The van der Waals surface area contributed by atoms with E-state index in [1.807, 2.05) is 24.3 Å². The van der Waals surface area contributed by atoms with Crippen LogP contribution in [0.4, 0.5) is 0 Å². The molecule has 0 spiro atoms. The van der Waals surface area contributed by atoms with Crippen molar-refractivity contribution < 1.29 is 9.53 Å². The molecule has 5 heteroatoms. The minimum absolute atomic E-state index is 0. The summed E-state index contributed by atoms with van der Waals surface area (Å²) in [4.78, 5) is 12.2. The van der Waals surface area contributed by atoms with E-state index in [9.17, 15) is 4.79 Å². The number of amides is 1. The molecule has 0 aliphatic heterocycles. The van der Waals surface area contributed by atoms with Crippen molar-refractivity contribution in [2.75, 3.05) is 13.2 Å². The number of ether oxygens (including phenoxy) is 1. The first kappa shape index (κ1) is 20.2. The predicted octanol–water partition coefficient (Wildman–Crippen LogP) is 3.36. The first-order chi connectivity index (χ1) is 11.2. The molecule has 0 aliphatic rings. The number of hydrogen-bond donors (Lipinski definition) is 2. The molecule has 4 nitrogen and oxygen atoms in total. The second-order valence-corrected chi connectivity index (χ2v) is 5.49. The molecule has 2 aromatic rings. The fourth-order valence-electron chi connectivity index (χ4n) is 2.40. The van der Waals surface area contributed by atoms with Crippen LogP contribution in [0.3, 0.4) is 0 Å². The van der Waals surface area contributed by atoms with Gasteiger partial charge in [-0.25, -0.2) is 0 Å². The maximum Gasteiger partial charge on any atom is 0.249 e. The highest BCUT2D eigenvalue weighted by Gasteiger charge is 2.18. The van der Waals surface area contributed by atoms with Gasteiger partial charge < -0.3 is 15.8 Å². The number of halogens is 1. The van der Waals surface area contributed by atoms with Crippen LogP contribution in [0.2, 0.25) is 0 Å². The van der Waals surface area contributed by atoms with Gasteiger partial charge in [-0.1, -0.05) is 42.5 Å². The van der Waals surface area contributed by atoms with Gasteiger partial charge in [-0.05, 0) is 35.7 Å². The standard InChI is InChI=1S/C19H24N2O2.ClH/c1-3-4-11-23-14(2)19(22)21-18(13-20)17-10-9-15-7-5-6-8-16(15)12-17;/h3,5-10,12,14,18H,1,4,11,13,20H2,2H3,(H,21,22);1H. The van der Waals surface area contributed by atoms with E-state index >= 15 is 0 Å². The second-order valence-electron chi connectivity index (χ2n) is 5.49. The van der Waals surface area contributed by atoms with Gasteiger partial charge in [-0.15, -0.1) is 19.0 Å². The molecule has 2 rings (SSSR count). The summed E-state index contributed by atoms with van der Waals surface area (Å²) >= 11 is 0. The van der Waals surface area contributed by atoms with Crippen molar-refractivity contribution in [2.24, 2.45) is 5.73 Å². The Bertz CT molecular complexity index is 675. The molecule has 0 radical (unpaired) electrons. The maximum atomic E-state index is 12.2. The maximum absolute atomic E-state index is 12.2. The minimum atomic E-state index is -0.510. The molecule has 0 aliphatic carbocycles. The third-order valence-corrected chi connectivity index (χ3v) is 3.79. The van der Waals surface area contributed by atoms with E-state index in [4.69, 9.17) is 10.5 Å². The zero-order valence-corrected chi connectivity index (χ0v) is 14.7. The van der Waals surface area contributed by atoms with Crippen LogP contribution in [0.25, 0.3) is 10.8 Å². The van der Waals surface area contributed by atoms with Crippen LogP contribution in [-0.4, -0.2) is 25.2 Å². The summed E-state index contributed by atoms with van der Waals surface area (Å²) in [6.07, 6.45) is 1.98. The molecule has 1 amide bonds. The number of fused-ring (bicyclic) bond motifs is 1. The fourth-order valence-corrected chi connectivity index (χ4v) is 2.40. The van der Waals surface area contributed by atoms with E-state index in [2.05, 4.69) is 30.1 Å². The Labute approximate surface area is 149 Å². The first-order valence-corrected chi connectivity index (χ1v) is 7.87. The number of carbonyl (C=O) groups excluding carboxylic acids is 1. The Balaban J connectivity index is 0.00000288. The number of hydrogen-bond acceptors (Lipinski definition) is 3. The molecule has 24 heavy (non-hydrogen) atoms. The van der Waals surface area contributed by atoms with Crippen molar-refractivity contribution in [3.63, 3.8) is 0 Å². The van der Waals surface area contributed by atoms with Crippen LogP contribution in [0.1, 0.15) is 24.9 Å². The van der Waals surface area contributed by atoms with E-state index in [1.54, 1.807) is 13.0 Å². The minimum Gasteiger partial charge on any atom is -0.368 e. The van der Waals surface area contributed by atoms with Gasteiger partial charge in [-0.2, -0.15) is 0 Å². The molecule has 0 saturated carbocycles. The normalized spacial score (nSPS) is 12.9. The van der Waals surface area contributed by atoms with Crippen molar-refractivity contribution in [3.05, 3.63) is 60.7 Å². The van der Waals surface area contributed by atoms with E-state index < -0.39 is 6.10 Å². The topological polar surface area (TPSA) is 64.3 Å². The first-order valence-electron chi connectivity index (χ1n) is 7.87. The fraction of sp³-hybridized carbons (Fsp3) is 0.316. The monoisotopic (exact) mass is 348 g/mol. The van der Waals surface area contributed by atoms with Gasteiger partial charge in [0, 0.05) is 6.54 Å². The highest BCUT2D eigenvalue weighted by Crippen LogP contribution is 2.20. The summed E-state index contributed by atoms with van der Waals surface area (Å²) in [5, 5.41) is 5.26. The second kappa shape index (κ2) is 10.1. The Morgan fingerprint density at radius 2 is 2.00 bits per heavy atom. The van der Waals surface area contributed by atoms with Crippen LogP contribution >= 0.6 is 12.4 Å². The van der Waals surface area contributed by atoms with Crippen molar-refractivity contribution >= 4 is 29.1 Å². The molecule has 3 N–H and O–H groups in total. The predicted molar refractivity (Wildman–Crippen MR) is 101 cm³/mol. The number of benzene rings is 2. The van der Waals surface area contributed by atoms with Gasteiger partial charge in [-0.3, -0.25) is 4.79 Å². The van der Waals surface area contributed by atoms with Crippen molar-refractivity contribution in [3.8, 4) is 0 Å². The lowest BCUT2D eigenvalue weighted by Gasteiger charge is -2.20. The molecule has 130 valence electrons. The van der Waals surface area contributed by atoms with Gasteiger partial charge in [0.25, 0.3) is 0 Å².